The molecule has 2 rings (SSSR count). The highest BCUT2D eigenvalue weighted by Gasteiger charge is 2.09. The van der Waals surface area contributed by atoms with Gasteiger partial charge in [0.2, 0.25) is 0 Å². The molecular weight excluding hydrogens is 240 g/mol. The van der Waals surface area contributed by atoms with Gasteiger partial charge in [0.25, 0.3) is 0 Å². The lowest BCUT2D eigenvalue weighted by molar-refractivity contribution is -0.140. The van der Waals surface area contributed by atoms with E-state index in [1.165, 1.54) is 7.11 Å². The van der Waals surface area contributed by atoms with Crippen LogP contribution in [0.15, 0.2) is 18.2 Å². The third-order valence-electron chi connectivity index (χ3n) is 2.67. The number of carbonyl (C=O) groups is 1. The molecule has 0 amide bonds. The lowest BCUT2D eigenvalue weighted by Crippen LogP contribution is -2.08. The van der Waals surface area contributed by atoms with Gasteiger partial charge in [0, 0.05) is 11.6 Å². The Morgan fingerprint density at radius 3 is 3.00 bits per heavy atom. The van der Waals surface area contributed by atoms with Crippen LogP contribution in [0.25, 0.3) is 11.0 Å². The van der Waals surface area contributed by atoms with Gasteiger partial charge in [0.05, 0.1) is 24.6 Å². The van der Waals surface area contributed by atoms with Crippen LogP contribution >= 0.6 is 11.6 Å². The summed E-state index contributed by atoms with van der Waals surface area (Å²) in [5.41, 5.74) is 1.83. The van der Waals surface area contributed by atoms with E-state index in [9.17, 15) is 4.79 Å². The molecule has 0 aliphatic heterocycles. The van der Waals surface area contributed by atoms with Gasteiger partial charge in [-0.2, -0.15) is 0 Å². The predicted molar refractivity (Wildman–Crippen MR) is 66.1 cm³/mol. The second-order valence-electron chi connectivity index (χ2n) is 3.77. The molecule has 1 aromatic heterocycles. The van der Waals surface area contributed by atoms with Crippen molar-refractivity contribution in [2.75, 3.05) is 7.11 Å². The number of imidazole rings is 1. The van der Waals surface area contributed by atoms with Crippen LogP contribution in [0.3, 0.4) is 0 Å². The lowest BCUT2D eigenvalue weighted by atomic mass is 10.3. The minimum Gasteiger partial charge on any atom is -0.469 e. The minimum atomic E-state index is -0.222. The van der Waals surface area contributed by atoms with Gasteiger partial charge in [0.15, 0.2) is 0 Å². The van der Waals surface area contributed by atoms with Crippen molar-refractivity contribution in [2.45, 2.75) is 19.9 Å². The summed E-state index contributed by atoms with van der Waals surface area (Å²) in [4.78, 5) is 15.5. The Labute approximate surface area is 104 Å². The van der Waals surface area contributed by atoms with Crippen LogP contribution in [0.4, 0.5) is 0 Å². The van der Waals surface area contributed by atoms with E-state index >= 15 is 0 Å². The van der Waals surface area contributed by atoms with Gasteiger partial charge in [-0.25, -0.2) is 4.98 Å². The highest BCUT2D eigenvalue weighted by atomic mass is 35.5. The molecule has 0 atom stereocenters. The molecule has 5 heteroatoms. The normalized spacial score (nSPS) is 10.8. The number of carbonyl (C=O) groups excluding carboxylic acids is 1. The number of nitrogens with zero attached hydrogens (tertiary/aromatic N) is 2. The molecule has 0 N–H and O–H groups in total. The van der Waals surface area contributed by atoms with Crippen molar-refractivity contribution in [3.05, 3.63) is 29.0 Å². The molecule has 90 valence electrons. The van der Waals surface area contributed by atoms with E-state index < -0.39 is 0 Å². The average molecular weight is 253 g/mol. The van der Waals surface area contributed by atoms with Crippen molar-refractivity contribution in [3.63, 3.8) is 0 Å². The SMILES string of the molecule is COC(=O)CCn1c(C)nc2cc(Cl)ccc21. The van der Waals surface area contributed by atoms with Gasteiger partial charge in [0.1, 0.15) is 5.82 Å². The maximum absolute atomic E-state index is 11.1. The minimum absolute atomic E-state index is 0.222. The Morgan fingerprint density at radius 2 is 2.29 bits per heavy atom. The summed E-state index contributed by atoms with van der Waals surface area (Å²) in [6, 6.07) is 5.55. The molecule has 2 aromatic rings. The van der Waals surface area contributed by atoms with E-state index in [4.69, 9.17) is 11.6 Å². The Bertz CT molecular complexity index is 563. The molecule has 0 unspecified atom stereocenters. The maximum Gasteiger partial charge on any atom is 0.307 e. The molecule has 0 saturated heterocycles. The molecule has 0 radical (unpaired) electrons. The van der Waals surface area contributed by atoms with Gasteiger partial charge in [-0.05, 0) is 25.1 Å². The molecule has 0 bridgehead atoms. The number of ether oxygens (including phenoxy) is 1. The first-order chi connectivity index (χ1) is 8.11. The number of methoxy groups -OCH3 is 1. The standard InChI is InChI=1S/C12H13ClN2O2/c1-8-14-10-7-9(13)3-4-11(10)15(8)6-5-12(16)17-2/h3-4,7H,5-6H2,1-2H3. The molecule has 0 aliphatic rings. The zero-order valence-electron chi connectivity index (χ0n) is 9.74. The molecule has 0 saturated carbocycles. The molecular formula is C12H13ClN2O2. The number of rotatable bonds is 3. The van der Waals surface area contributed by atoms with Crippen molar-refractivity contribution in [3.8, 4) is 0 Å². The lowest BCUT2D eigenvalue weighted by Gasteiger charge is -2.05. The summed E-state index contributed by atoms with van der Waals surface area (Å²) < 4.78 is 6.61. The summed E-state index contributed by atoms with van der Waals surface area (Å²) in [5.74, 6) is 0.645. The summed E-state index contributed by atoms with van der Waals surface area (Å²) in [7, 11) is 1.39. The third-order valence-corrected chi connectivity index (χ3v) is 2.90. The summed E-state index contributed by atoms with van der Waals surface area (Å²) in [5, 5.41) is 0.662. The number of esters is 1. The molecule has 0 spiro atoms. The third kappa shape index (κ3) is 2.42. The van der Waals surface area contributed by atoms with E-state index in [0.717, 1.165) is 16.9 Å². The van der Waals surface area contributed by atoms with E-state index in [-0.39, 0.29) is 5.97 Å². The molecule has 17 heavy (non-hydrogen) atoms. The zero-order chi connectivity index (χ0) is 12.4. The van der Waals surface area contributed by atoms with Crippen LogP contribution in [-0.2, 0) is 16.1 Å². The van der Waals surface area contributed by atoms with Crippen LogP contribution in [-0.4, -0.2) is 22.6 Å². The molecule has 0 fully saturated rings. The van der Waals surface area contributed by atoms with E-state index in [1.807, 2.05) is 29.7 Å². The van der Waals surface area contributed by atoms with Crippen molar-refractivity contribution in [1.82, 2.24) is 9.55 Å². The fourth-order valence-corrected chi connectivity index (χ4v) is 1.98. The van der Waals surface area contributed by atoms with Crippen LogP contribution in [0.1, 0.15) is 12.2 Å². The average Bonchev–Trinajstić information content (AvgIpc) is 2.61. The Morgan fingerprint density at radius 1 is 1.53 bits per heavy atom. The topological polar surface area (TPSA) is 44.1 Å². The first kappa shape index (κ1) is 11.9. The van der Waals surface area contributed by atoms with Crippen molar-refractivity contribution in [2.24, 2.45) is 0 Å². The van der Waals surface area contributed by atoms with Gasteiger partial charge in [-0.3, -0.25) is 4.79 Å². The quantitative estimate of drug-likeness (QED) is 0.789. The summed E-state index contributed by atoms with van der Waals surface area (Å²) in [6.45, 7) is 2.47. The van der Waals surface area contributed by atoms with Crippen LogP contribution in [0.5, 0.6) is 0 Å². The molecule has 1 aromatic carbocycles. The van der Waals surface area contributed by atoms with Gasteiger partial charge >= 0.3 is 5.97 Å². The number of halogens is 1. The van der Waals surface area contributed by atoms with E-state index in [1.54, 1.807) is 0 Å². The van der Waals surface area contributed by atoms with E-state index in [2.05, 4.69) is 9.72 Å². The number of aryl methyl sites for hydroxylation is 2. The predicted octanol–water partition coefficient (Wildman–Crippen LogP) is 2.56. The monoisotopic (exact) mass is 252 g/mol. The van der Waals surface area contributed by atoms with Crippen LogP contribution < -0.4 is 0 Å². The number of aromatic nitrogens is 2. The number of hydrogen-bond donors (Lipinski definition) is 0. The number of fused-ring (bicyclic) bond motifs is 1. The fraction of sp³-hybridized carbons (Fsp3) is 0.333. The summed E-state index contributed by atoms with van der Waals surface area (Å²) in [6.07, 6.45) is 0.339. The molecule has 0 aliphatic carbocycles. The highest BCUT2D eigenvalue weighted by molar-refractivity contribution is 6.31. The van der Waals surface area contributed by atoms with Gasteiger partial charge in [-0.1, -0.05) is 11.6 Å². The van der Waals surface area contributed by atoms with Crippen LogP contribution in [0, 0.1) is 6.92 Å². The zero-order valence-corrected chi connectivity index (χ0v) is 10.5. The first-order valence-corrected chi connectivity index (χ1v) is 5.69. The van der Waals surface area contributed by atoms with Crippen LogP contribution in [0.2, 0.25) is 5.02 Å². The fourth-order valence-electron chi connectivity index (χ4n) is 1.81. The molecule has 4 nitrogen and oxygen atoms in total. The Balaban J connectivity index is 2.33. The van der Waals surface area contributed by atoms with Crippen molar-refractivity contribution >= 4 is 28.6 Å². The maximum atomic E-state index is 11.1. The Hall–Kier alpha value is -1.55. The smallest absolute Gasteiger partial charge is 0.307 e. The van der Waals surface area contributed by atoms with Crippen molar-refractivity contribution in [1.29, 1.82) is 0 Å². The second kappa shape index (κ2) is 4.75. The van der Waals surface area contributed by atoms with Gasteiger partial charge in [-0.15, -0.1) is 0 Å². The van der Waals surface area contributed by atoms with E-state index in [0.29, 0.717) is 18.0 Å². The highest BCUT2D eigenvalue weighted by Crippen LogP contribution is 2.20. The Kier molecular flexibility index (Phi) is 3.33. The molecule has 1 heterocycles. The number of hydrogen-bond acceptors (Lipinski definition) is 3. The number of benzene rings is 1. The largest absolute Gasteiger partial charge is 0.469 e. The first-order valence-electron chi connectivity index (χ1n) is 5.31. The second-order valence-corrected chi connectivity index (χ2v) is 4.21. The summed E-state index contributed by atoms with van der Waals surface area (Å²) >= 11 is 5.91. The van der Waals surface area contributed by atoms with Gasteiger partial charge < -0.3 is 9.30 Å². The van der Waals surface area contributed by atoms with Crippen molar-refractivity contribution < 1.29 is 9.53 Å².